The Kier molecular flexibility index (Phi) is 17.2. The average molecular weight is 603 g/mol. The maximum absolute atomic E-state index is 13.0. The molecule has 0 aliphatic rings. The summed E-state index contributed by atoms with van der Waals surface area (Å²) in [4.78, 5) is 96.0. The Morgan fingerprint density at radius 2 is 1.31 bits per heavy atom. The Balaban J connectivity index is 5.64. The molecule has 0 rings (SSSR count). The molecule has 42 heavy (non-hydrogen) atoms. The molecule has 6 unspecified atom stereocenters. The molecule has 0 radical (unpaired) electrons. The summed E-state index contributed by atoms with van der Waals surface area (Å²) < 4.78 is 0. The van der Waals surface area contributed by atoms with Crippen molar-refractivity contribution in [2.45, 2.75) is 96.1 Å². The van der Waals surface area contributed by atoms with Crippen molar-refractivity contribution in [2.75, 3.05) is 6.61 Å². The van der Waals surface area contributed by atoms with E-state index >= 15 is 0 Å². The standard InChI is InChI=1S/C25H42N6O11/c1-12(2)9-17(23(40)28-15(10-32)5-7-19(26)36)29-25(42)21(13(3)34)31-24(41)18(11-33)30-22(39)16(27-14(4)35)6-8-20(37)38/h10,12-13,15-18,21,33-34H,5-9,11H2,1-4H3,(H2,26,36)(H,27,35)(H,28,40)(H,29,42)(H,30,39)(H,31,41)(H,37,38). The summed E-state index contributed by atoms with van der Waals surface area (Å²) in [6.45, 7) is 4.80. The summed E-state index contributed by atoms with van der Waals surface area (Å²) in [5.41, 5.74) is 5.08. The van der Waals surface area contributed by atoms with Gasteiger partial charge in [0.15, 0.2) is 0 Å². The Labute approximate surface area is 242 Å². The number of amides is 6. The highest BCUT2D eigenvalue weighted by molar-refractivity contribution is 5.96. The van der Waals surface area contributed by atoms with Crippen LogP contribution in [0.5, 0.6) is 0 Å². The van der Waals surface area contributed by atoms with Gasteiger partial charge in [0.2, 0.25) is 35.4 Å². The van der Waals surface area contributed by atoms with Crippen LogP contribution in [-0.4, -0.2) is 106 Å². The number of hydrogen-bond acceptors (Lipinski definition) is 10. The first-order chi connectivity index (χ1) is 19.5. The number of rotatable bonds is 20. The molecule has 0 saturated carbocycles. The number of carboxylic acid groups (broad SMARTS) is 1. The van der Waals surface area contributed by atoms with Crippen LogP contribution in [0, 0.1) is 5.92 Å². The van der Waals surface area contributed by atoms with Crippen LogP contribution in [-0.2, 0) is 38.4 Å². The van der Waals surface area contributed by atoms with Crippen LogP contribution in [0.2, 0.25) is 0 Å². The van der Waals surface area contributed by atoms with Crippen molar-refractivity contribution in [3.63, 3.8) is 0 Å². The fourth-order valence-electron chi connectivity index (χ4n) is 3.63. The van der Waals surface area contributed by atoms with Gasteiger partial charge in [0.1, 0.15) is 30.5 Å². The number of aliphatic hydroxyl groups is 2. The summed E-state index contributed by atoms with van der Waals surface area (Å²) in [6, 6.07) is -6.95. The number of hydrogen-bond donors (Lipinski definition) is 9. The van der Waals surface area contributed by atoms with Gasteiger partial charge < -0.3 is 52.4 Å². The molecule has 17 heteroatoms. The second kappa shape index (κ2) is 19.1. The molecule has 6 atom stereocenters. The highest BCUT2D eigenvalue weighted by Crippen LogP contribution is 2.08. The summed E-state index contributed by atoms with van der Waals surface area (Å²) in [6.07, 6.45) is -2.05. The lowest BCUT2D eigenvalue weighted by Crippen LogP contribution is -2.61. The molecular weight excluding hydrogens is 560 g/mol. The maximum Gasteiger partial charge on any atom is 0.303 e. The maximum atomic E-state index is 13.0. The van der Waals surface area contributed by atoms with E-state index in [1.165, 1.54) is 6.92 Å². The van der Waals surface area contributed by atoms with Gasteiger partial charge in [0.05, 0.1) is 18.8 Å². The molecule has 0 saturated heterocycles. The van der Waals surface area contributed by atoms with E-state index in [2.05, 4.69) is 26.6 Å². The number of carbonyl (C=O) groups excluding carboxylic acids is 7. The molecule has 0 heterocycles. The highest BCUT2D eigenvalue weighted by Gasteiger charge is 2.33. The number of aldehydes is 1. The molecule has 238 valence electrons. The number of aliphatic carboxylic acids is 1. The second-order valence-corrected chi connectivity index (χ2v) is 10.1. The van der Waals surface area contributed by atoms with E-state index in [-0.39, 0.29) is 31.6 Å². The summed E-state index contributed by atoms with van der Waals surface area (Å²) in [5.74, 6) is -6.55. The Hall–Kier alpha value is -4.12. The fraction of sp³-hybridized carbons (Fsp3) is 0.680. The zero-order valence-corrected chi connectivity index (χ0v) is 24.0. The first kappa shape index (κ1) is 37.9. The highest BCUT2D eigenvalue weighted by atomic mass is 16.4. The van der Waals surface area contributed by atoms with Gasteiger partial charge in [0, 0.05) is 19.8 Å². The molecule has 17 nitrogen and oxygen atoms in total. The Bertz CT molecular complexity index is 988. The first-order valence-electron chi connectivity index (χ1n) is 13.2. The molecule has 0 aromatic heterocycles. The van der Waals surface area contributed by atoms with Crippen molar-refractivity contribution in [2.24, 2.45) is 11.7 Å². The summed E-state index contributed by atoms with van der Waals surface area (Å²) in [5, 5.41) is 40.2. The third-order valence-electron chi connectivity index (χ3n) is 5.75. The minimum Gasteiger partial charge on any atom is -0.481 e. The van der Waals surface area contributed by atoms with E-state index in [0.717, 1.165) is 6.92 Å². The first-order valence-corrected chi connectivity index (χ1v) is 13.2. The largest absolute Gasteiger partial charge is 0.481 e. The zero-order valence-electron chi connectivity index (χ0n) is 24.0. The van der Waals surface area contributed by atoms with Crippen molar-refractivity contribution in [1.82, 2.24) is 26.6 Å². The van der Waals surface area contributed by atoms with Crippen LogP contribution in [0.4, 0.5) is 0 Å². The van der Waals surface area contributed by atoms with Crippen molar-refractivity contribution in [3.05, 3.63) is 0 Å². The molecule has 10 N–H and O–H groups in total. The molecule has 0 spiro atoms. The van der Waals surface area contributed by atoms with Crippen LogP contribution in [0.15, 0.2) is 0 Å². The van der Waals surface area contributed by atoms with Crippen LogP contribution in [0.25, 0.3) is 0 Å². The second-order valence-electron chi connectivity index (χ2n) is 10.1. The van der Waals surface area contributed by atoms with Crippen molar-refractivity contribution in [1.29, 1.82) is 0 Å². The molecule has 0 fully saturated rings. The van der Waals surface area contributed by atoms with Crippen LogP contribution < -0.4 is 32.3 Å². The number of nitrogens with two attached hydrogens (primary N) is 1. The van der Waals surface area contributed by atoms with E-state index in [1.54, 1.807) is 13.8 Å². The van der Waals surface area contributed by atoms with Gasteiger partial charge in [-0.25, -0.2) is 0 Å². The van der Waals surface area contributed by atoms with Crippen molar-refractivity contribution < 1.29 is 53.7 Å². The third-order valence-corrected chi connectivity index (χ3v) is 5.75. The third kappa shape index (κ3) is 15.0. The van der Waals surface area contributed by atoms with Crippen LogP contribution in [0.3, 0.4) is 0 Å². The number of nitrogens with one attached hydrogen (secondary N) is 5. The fourth-order valence-corrected chi connectivity index (χ4v) is 3.63. The van der Waals surface area contributed by atoms with Gasteiger partial charge in [-0.3, -0.25) is 33.6 Å². The van der Waals surface area contributed by atoms with Gasteiger partial charge in [-0.1, -0.05) is 13.8 Å². The number of aliphatic hydroxyl groups excluding tert-OH is 2. The SMILES string of the molecule is CC(=O)NC(CCC(=O)O)C(=O)NC(CO)C(=O)NC(C(=O)NC(CC(C)C)C(=O)NC(C=O)CCC(N)=O)C(C)O. The molecular formula is C25H42N6O11. The van der Waals surface area contributed by atoms with Gasteiger partial charge in [-0.05, 0) is 32.1 Å². The number of primary amides is 1. The number of carbonyl (C=O) groups is 8. The molecule has 0 bridgehead atoms. The van der Waals surface area contributed by atoms with Crippen LogP contribution in [0.1, 0.15) is 59.8 Å². The summed E-state index contributed by atoms with van der Waals surface area (Å²) >= 11 is 0. The molecule has 0 aromatic carbocycles. The van der Waals surface area contributed by atoms with E-state index in [0.29, 0.717) is 6.29 Å². The predicted molar refractivity (Wildman–Crippen MR) is 145 cm³/mol. The lowest BCUT2D eigenvalue weighted by molar-refractivity contribution is -0.138. The molecule has 0 aliphatic heterocycles. The summed E-state index contributed by atoms with van der Waals surface area (Å²) in [7, 11) is 0. The quantitative estimate of drug-likeness (QED) is 0.0609. The molecule has 6 amide bonds. The van der Waals surface area contributed by atoms with E-state index in [1.807, 2.05) is 0 Å². The van der Waals surface area contributed by atoms with E-state index in [9.17, 15) is 48.6 Å². The Morgan fingerprint density at radius 1 is 0.762 bits per heavy atom. The van der Waals surface area contributed by atoms with Crippen LogP contribution >= 0.6 is 0 Å². The molecule has 0 aliphatic carbocycles. The smallest absolute Gasteiger partial charge is 0.303 e. The lowest BCUT2D eigenvalue weighted by Gasteiger charge is -2.28. The predicted octanol–water partition coefficient (Wildman–Crippen LogP) is -3.82. The van der Waals surface area contributed by atoms with E-state index in [4.69, 9.17) is 10.8 Å². The molecule has 0 aromatic rings. The van der Waals surface area contributed by atoms with Gasteiger partial charge in [-0.15, -0.1) is 0 Å². The topological polar surface area (TPSA) is 283 Å². The van der Waals surface area contributed by atoms with Gasteiger partial charge in [-0.2, -0.15) is 0 Å². The van der Waals surface area contributed by atoms with E-state index < -0.39 is 90.8 Å². The van der Waals surface area contributed by atoms with Gasteiger partial charge >= 0.3 is 5.97 Å². The average Bonchev–Trinajstić information content (AvgIpc) is 2.88. The monoisotopic (exact) mass is 602 g/mol. The van der Waals surface area contributed by atoms with Gasteiger partial charge in [0.25, 0.3) is 0 Å². The lowest BCUT2D eigenvalue weighted by atomic mass is 10.0. The minimum absolute atomic E-state index is 0.0629. The Morgan fingerprint density at radius 3 is 1.76 bits per heavy atom. The normalized spacial score (nSPS) is 15.1. The van der Waals surface area contributed by atoms with Crippen molar-refractivity contribution >= 4 is 47.7 Å². The minimum atomic E-state index is -1.67. The zero-order chi connectivity index (χ0) is 32.6. The van der Waals surface area contributed by atoms with Crippen molar-refractivity contribution in [3.8, 4) is 0 Å². The number of carboxylic acids is 1.